The molecule has 1 heterocycles. The minimum Gasteiger partial charge on any atom is -0.497 e. The highest BCUT2D eigenvalue weighted by molar-refractivity contribution is 6.27. The molecule has 2 N–H and O–H groups in total. The van der Waals surface area contributed by atoms with Crippen molar-refractivity contribution in [3.05, 3.63) is 29.8 Å². The average Bonchev–Trinajstić information content (AvgIpc) is 2.53. The number of amides is 2. The number of nitrogens with one attached hydrogen (secondary N) is 1. The van der Waals surface area contributed by atoms with E-state index in [9.17, 15) is 19.5 Å². The molecule has 1 aliphatic rings. The second-order valence-corrected chi connectivity index (χ2v) is 5.85. The first-order chi connectivity index (χ1) is 11.4. The summed E-state index contributed by atoms with van der Waals surface area (Å²) in [5, 5.41) is 11.8. The van der Waals surface area contributed by atoms with Crippen LogP contribution in [0.1, 0.15) is 5.56 Å². The molecule has 0 unspecified atom stereocenters. The number of hydrogen-bond acceptors (Lipinski definition) is 4. The van der Waals surface area contributed by atoms with Crippen molar-refractivity contribution in [3.8, 4) is 5.75 Å². The lowest BCUT2D eigenvalue weighted by atomic mass is 9.98. The van der Waals surface area contributed by atoms with Crippen LogP contribution in [-0.2, 0) is 20.8 Å². The Labute approximate surface area is 144 Å². The van der Waals surface area contributed by atoms with Crippen LogP contribution in [0.3, 0.4) is 0 Å². The minimum absolute atomic E-state index is 0.121. The first-order valence-corrected chi connectivity index (χ1v) is 7.98. The maximum absolute atomic E-state index is 12.1. The molecular formula is C16H19ClN2O5. The summed E-state index contributed by atoms with van der Waals surface area (Å²) in [6.45, 7) is 0.540. The number of likely N-dealkylation sites (tertiary alicyclic amines) is 1. The third-order valence-electron chi connectivity index (χ3n) is 3.93. The highest BCUT2D eigenvalue weighted by atomic mass is 35.5. The van der Waals surface area contributed by atoms with Gasteiger partial charge < -0.3 is 20.1 Å². The van der Waals surface area contributed by atoms with E-state index in [0.717, 1.165) is 5.56 Å². The summed E-state index contributed by atoms with van der Waals surface area (Å²) in [4.78, 5) is 36.3. The number of halogens is 1. The van der Waals surface area contributed by atoms with Crippen LogP contribution in [0.2, 0.25) is 0 Å². The van der Waals surface area contributed by atoms with Gasteiger partial charge in [-0.2, -0.15) is 0 Å². The SMILES string of the molecule is COc1ccc(C[C@H](NC(=O)C2CN(C(=O)CCl)C2)C(=O)O)cc1. The highest BCUT2D eigenvalue weighted by Crippen LogP contribution is 2.17. The van der Waals surface area contributed by atoms with E-state index in [0.29, 0.717) is 5.75 Å². The van der Waals surface area contributed by atoms with Crippen molar-refractivity contribution in [2.75, 3.05) is 26.1 Å². The molecule has 7 nitrogen and oxygen atoms in total. The van der Waals surface area contributed by atoms with Gasteiger partial charge in [0.15, 0.2) is 0 Å². The predicted molar refractivity (Wildman–Crippen MR) is 87.1 cm³/mol. The zero-order valence-electron chi connectivity index (χ0n) is 13.2. The average molecular weight is 355 g/mol. The Morgan fingerprint density at radius 1 is 1.33 bits per heavy atom. The van der Waals surface area contributed by atoms with Gasteiger partial charge in [0, 0.05) is 19.5 Å². The zero-order valence-corrected chi connectivity index (χ0v) is 14.0. The van der Waals surface area contributed by atoms with Gasteiger partial charge in [0.05, 0.1) is 13.0 Å². The lowest BCUT2D eigenvalue weighted by molar-refractivity contribution is -0.146. The van der Waals surface area contributed by atoms with Crippen LogP contribution in [0.5, 0.6) is 5.75 Å². The van der Waals surface area contributed by atoms with Gasteiger partial charge in [-0.3, -0.25) is 9.59 Å². The molecule has 0 aliphatic carbocycles. The monoisotopic (exact) mass is 354 g/mol. The molecule has 0 saturated carbocycles. The summed E-state index contributed by atoms with van der Waals surface area (Å²) in [6, 6.07) is 5.95. The molecule has 2 rings (SSSR count). The number of carbonyl (C=O) groups excluding carboxylic acids is 2. The quantitative estimate of drug-likeness (QED) is 0.695. The van der Waals surface area contributed by atoms with Crippen LogP contribution in [-0.4, -0.2) is 59.9 Å². The molecule has 1 saturated heterocycles. The van der Waals surface area contributed by atoms with E-state index in [4.69, 9.17) is 16.3 Å². The maximum Gasteiger partial charge on any atom is 0.326 e. The number of rotatable bonds is 7. The number of carboxylic acid groups (broad SMARTS) is 1. The van der Waals surface area contributed by atoms with Crippen molar-refractivity contribution in [2.24, 2.45) is 5.92 Å². The molecule has 0 bridgehead atoms. The second kappa shape index (κ2) is 8.01. The van der Waals surface area contributed by atoms with Crippen LogP contribution in [0.25, 0.3) is 0 Å². The number of methoxy groups -OCH3 is 1. The standard InChI is InChI=1S/C16H19ClN2O5/c1-24-12-4-2-10(3-5-12)6-13(16(22)23)18-15(21)11-8-19(9-11)14(20)7-17/h2-5,11,13H,6-9H2,1H3,(H,18,21)(H,22,23)/t13-/m0/s1. The molecule has 130 valence electrons. The highest BCUT2D eigenvalue weighted by Gasteiger charge is 2.36. The molecule has 0 aromatic heterocycles. The van der Waals surface area contributed by atoms with Crippen molar-refractivity contribution >= 4 is 29.4 Å². The lowest BCUT2D eigenvalue weighted by Crippen LogP contribution is -2.58. The van der Waals surface area contributed by atoms with Crippen molar-refractivity contribution in [2.45, 2.75) is 12.5 Å². The first-order valence-electron chi connectivity index (χ1n) is 7.44. The summed E-state index contributed by atoms with van der Waals surface area (Å²) < 4.78 is 5.05. The third-order valence-corrected chi connectivity index (χ3v) is 4.16. The van der Waals surface area contributed by atoms with Crippen molar-refractivity contribution in [1.29, 1.82) is 0 Å². The van der Waals surface area contributed by atoms with E-state index in [-0.39, 0.29) is 37.2 Å². The first kappa shape index (κ1) is 18.1. The van der Waals surface area contributed by atoms with E-state index in [1.54, 1.807) is 31.4 Å². The van der Waals surface area contributed by atoms with Crippen molar-refractivity contribution < 1.29 is 24.2 Å². The largest absolute Gasteiger partial charge is 0.497 e. The number of alkyl halides is 1. The van der Waals surface area contributed by atoms with Crippen LogP contribution in [0.4, 0.5) is 0 Å². The van der Waals surface area contributed by atoms with Gasteiger partial charge in [0.1, 0.15) is 17.7 Å². The molecule has 1 fully saturated rings. The summed E-state index contributed by atoms with van der Waals surface area (Å²) in [6.07, 6.45) is 0.169. The Bertz CT molecular complexity index is 613. The van der Waals surface area contributed by atoms with Crippen LogP contribution in [0.15, 0.2) is 24.3 Å². The molecule has 0 radical (unpaired) electrons. The van der Waals surface area contributed by atoms with Gasteiger partial charge in [-0.15, -0.1) is 11.6 Å². The molecule has 1 aromatic carbocycles. The molecule has 1 aromatic rings. The normalized spacial score (nSPS) is 15.3. The Kier molecular flexibility index (Phi) is 6.03. The number of benzene rings is 1. The molecule has 1 atom stereocenters. The maximum atomic E-state index is 12.1. The fourth-order valence-electron chi connectivity index (χ4n) is 2.42. The Balaban J connectivity index is 1.90. The second-order valence-electron chi connectivity index (χ2n) is 5.58. The van der Waals surface area contributed by atoms with E-state index in [1.807, 2.05) is 0 Å². The summed E-state index contributed by atoms with van der Waals surface area (Å²) in [7, 11) is 1.55. The number of nitrogens with zero attached hydrogens (tertiary/aromatic N) is 1. The molecular weight excluding hydrogens is 336 g/mol. The summed E-state index contributed by atoms with van der Waals surface area (Å²) in [5.74, 6) is -1.54. The van der Waals surface area contributed by atoms with Crippen LogP contribution < -0.4 is 10.1 Å². The van der Waals surface area contributed by atoms with Gasteiger partial charge in [-0.05, 0) is 17.7 Å². The third kappa shape index (κ3) is 4.38. The number of aliphatic carboxylic acids is 1. The number of carbonyl (C=O) groups is 3. The Morgan fingerprint density at radius 2 is 1.96 bits per heavy atom. The molecule has 1 aliphatic heterocycles. The minimum atomic E-state index is -1.10. The van der Waals surface area contributed by atoms with E-state index >= 15 is 0 Å². The predicted octanol–water partition coefficient (Wildman–Crippen LogP) is 0.504. The van der Waals surface area contributed by atoms with Gasteiger partial charge >= 0.3 is 5.97 Å². The number of ether oxygens (including phenoxy) is 1. The topological polar surface area (TPSA) is 95.9 Å². The molecule has 2 amide bonds. The summed E-state index contributed by atoms with van der Waals surface area (Å²) in [5.41, 5.74) is 0.774. The summed E-state index contributed by atoms with van der Waals surface area (Å²) >= 11 is 5.45. The number of carboxylic acids is 1. The van der Waals surface area contributed by atoms with E-state index in [1.165, 1.54) is 4.90 Å². The van der Waals surface area contributed by atoms with E-state index < -0.39 is 17.9 Å². The Morgan fingerprint density at radius 3 is 2.46 bits per heavy atom. The van der Waals surface area contributed by atoms with Gasteiger partial charge in [0.25, 0.3) is 0 Å². The van der Waals surface area contributed by atoms with Gasteiger partial charge in [0.2, 0.25) is 11.8 Å². The molecule has 0 spiro atoms. The molecule has 8 heteroatoms. The lowest BCUT2D eigenvalue weighted by Gasteiger charge is -2.38. The Hall–Kier alpha value is -2.28. The van der Waals surface area contributed by atoms with Gasteiger partial charge in [-0.25, -0.2) is 4.79 Å². The number of hydrogen-bond donors (Lipinski definition) is 2. The molecule has 24 heavy (non-hydrogen) atoms. The van der Waals surface area contributed by atoms with Crippen LogP contribution >= 0.6 is 11.6 Å². The van der Waals surface area contributed by atoms with Crippen molar-refractivity contribution in [1.82, 2.24) is 10.2 Å². The fourth-order valence-corrected chi connectivity index (χ4v) is 2.59. The van der Waals surface area contributed by atoms with Crippen LogP contribution in [0, 0.1) is 5.92 Å². The smallest absolute Gasteiger partial charge is 0.326 e. The fraction of sp³-hybridized carbons (Fsp3) is 0.438. The zero-order chi connectivity index (χ0) is 17.7. The van der Waals surface area contributed by atoms with Gasteiger partial charge in [-0.1, -0.05) is 12.1 Å². The van der Waals surface area contributed by atoms with E-state index in [2.05, 4.69) is 5.32 Å². The van der Waals surface area contributed by atoms with Crippen molar-refractivity contribution in [3.63, 3.8) is 0 Å².